The predicted octanol–water partition coefficient (Wildman–Crippen LogP) is 2.50. The Bertz CT molecular complexity index is 357. The molecule has 1 aromatic heterocycles. The summed E-state index contributed by atoms with van der Waals surface area (Å²) in [7, 11) is 1.95. The van der Waals surface area contributed by atoms with Gasteiger partial charge in [-0.25, -0.2) is 4.98 Å². The number of rotatable bonds is 3. The minimum absolute atomic E-state index is 0.522. The molecule has 0 N–H and O–H groups in total. The first-order valence-electron chi connectivity index (χ1n) is 4.35. The van der Waals surface area contributed by atoms with Crippen LogP contribution in [0.4, 0.5) is 5.82 Å². The fourth-order valence-electron chi connectivity index (χ4n) is 1.26. The molecule has 0 unspecified atom stereocenters. The van der Waals surface area contributed by atoms with Gasteiger partial charge >= 0.3 is 0 Å². The van der Waals surface area contributed by atoms with E-state index in [-0.39, 0.29) is 0 Å². The van der Waals surface area contributed by atoms with Crippen molar-refractivity contribution in [3.8, 4) is 6.07 Å². The summed E-state index contributed by atoms with van der Waals surface area (Å²) in [5.41, 5.74) is 1.11. The Morgan fingerprint density at radius 2 is 2.36 bits per heavy atom. The number of aryl methyl sites for hydroxylation is 1. The fraction of sp³-hybridized carbons (Fsp3) is 0.400. The van der Waals surface area contributed by atoms with Crippen molar-refractivity contribution in [3.05, 3.63) is 22.3 Å². The lowest BCUT2D eigenvalue weighted by Crippen LogP contribution is -2.20. The third-order valence-electron chi connectivity index (χ3n) is 1.94. The minimum atomic E-state index is 0.522. The number of nitrogens with zero attached hydrogens (tertiary/aromatic N) is 3. The van der Waals surface area contributed by atoms with Crippen molar-refractivity contribution in [2.45, 2.75) is 13.3 Å². The van der Waals surface area contributed by atoms with Crippen LogP contribution in [0.15, 0.2) is 16.7 Å². The van der Waals surface area contributed by atoms with E-state index in [2.05, 4.69) is 27.0 Å². The molecule has 0 aliphatic rings. The molecule has 74 valence electrons. The first-order valence-corrected chi connectivity index (χ1v) is 5.14. The second-order valence-corrected chi connectivity index (χ2v) is 4.04. The molecule has 1 rings (SSSR count). The Kier molecular flexibility index (Phi) is 3.90. The SMILES string of the molecule is Cc1cc(Br)cnc1N(C)CCC#N. The lowest BCUT2D eigenvalue weighted by molar-refractivity contribution is 0.878. The fourth-order valence-corrected chi connectivity index (χ4v) is 1.70. The molecule has 4 heteroatoms. The summed E-state index contributed by atoms with van der Waals surface area (Å²) in [6.07, 6.45) is 2.29. The minimum Gasteiger partial charge on any atom is -0.358 e. The predicted molar refractivity (Wildman–Crippen MR) is 60.2 cm³/mol. The van der Waals surface area contributed by atoms with Crippen LogP contribution in [-0.4, -0.2) is 18.6 Å². The average molecular weight is 254 g/mol. The van der Waals surface area contributed by atoms with Crippen LogP contribution in [-0.2, 0) is 0 Å². The van der Waals surface area contributed by atoms with Gasteiger partial charge < -0.3 is 4.90 Å². The molecular formula is C10H12BrN3. The molecule has 0 bridgehead atoms. The van der Waals surface area contributed by atoms with Crippen LogP contribution >= 0.6 is 15.9 Å². The van der Waals surface area contributed by atoms with E-state index < -0.39 is 0 Å². The number of hydrogen-bond acceptors (Lipinski definition) is 3. The van der Waals surface area contributed by atoms with E-state index in [4.69, 9.17) is 5.26 Å². The van der Waals surface area contributed by atoms with Crippen LogP contribution in [0.1, 0.15) is 12.0 Å². The zero-order valence-corrected chi connectivity index (χ0v) is 9.87. The summed E-state index contributed by atoms with van der Waals surface area (Å²) in [5.74, 6) is 0.934. The molecule has 0 radical (unpaired) electrons. The molecule has 0 spiro atoms. The zero-order valence-electron chi connectivity index (χ0n) is 8.29. The lowest BCUT2D eigenvalue weighted by Gasteiger charge is -2.18. The normalized spacial score (nSPS) is 9.57. The van der Waals surface area contributed by atoms with Crippen molar-refractivity contribution in [3.63, 3.8) is 0 Å². The summed E-state index contributed by atoms with van der Waals surface area (Å²) >= 11 is 3.36. The van der Waals surface area contributed by atoms with Crippen molar-refractivity contribution < 1.29 is 0 Å². The van der Waals surface area contributed by atoms with Gasteiger partial charge in [-0.3, -0.25) is 0 Å². The molecule has 1 aromatic rings. The van der Waals surface area contributed by atoms with Crippen molar-refractivity contribution in [1.29, 1.82) is 5.26 Å². The van der Waals surface area contributed by atoms with Crippen molar-refractivity contribution >= 4 is 21.7 Å². The van der Waals surface area contributed by atoms with Gasteiger partial charge in [0.25, 0.3) is 0 Å². The van der Waals surface area contributed by atoms with E-state index in [1.165, 1.54) is 0 Å². The van der Waals surface area contributed by atoms with E-state index in [1.807, 2.05) is 24.9 Å². The van der Waals surface area contributed by atoms with Crippen LogP contribution < -0.4 is 4.90 Å². The van der Waals surface area contributed by atoms with Gasteiger partial charge in [0, 0.05) is 24.3 Å². The molecule has 0 aliphatic heterocycles. The lowest BCUT2D eigenvalue weighted by atomic mass is 10.2. The third kappa shape index (κ3) is 2.71. The Labute approximate surface area is 92.5 Å². The van der Waals surface area contributed by atoms with Gasteiger partial charge in [0.1, 0.15) is 5.82 Å². The summed E-state index contributed by atoms with van der Waals surface area (Å²) < 4.78 is 0.979. The van der Waals surface area contributed by atoms with Crippen LogP contribution in [0.3, 0.4) is 0 Å². The van der Waals surface area contributed by atoms with Crippen molar-refractivity contribution in [2.24, 2.45) is 0 Å². The van der Waals surface area contributed by atoms with E-state index in [1.54, 1.807) is 6.20 Å². The first-order chi connectivity index (χ1) is 6.65. The number of hydrogen-bond donors (Lipinski definition) is 0. The molecule has 0 saturated heterocycles. The number of halogens is 1. The molecule has 0 fully saturated rings. The highest BCUT2D eigenvalue weighted by Gasteiger charge is 2.05. The largest absolute Gasteiger partial charge is 0.358 e. The maximum absolute atomic E-state index is 8.47. The maximum atomic E-state index is 8.47. The summed E-state index contributed by atoms with van der Waals surface area (Å²) in [5, 5.41) is 8.47. The van der Waals surface area contributed by atoms with E-state index in [0.29, 0.717) is 13.0 Å². The van der Waals surface area contributed by atoms with Crippen LogP contribution in [0.25, 0.3) is 0 Å². The second-order valence-electron chi connectivity index (χ2n) is 3.12. The highest BCUT2D eigenvalue weighted by molar-refractivity contribution is 9.10. The molecule has 1 heterocycles. The number of pyridine rings is 1. The van der Waals surface area contributed by atoms with Crippen molar-refractivity contribution in [2.75, 3.05) is 18.5 Å². The van der Waals surface area contributed by atoms with Crippen LogP contribution in [0.2, 0.25) is 0 Å². The quantitative estimate of drug-likeness (QED) is 0.831. The topological polar surface area (TPSA) is 39.9 Å². The highest BCUT2D eigenvalue weighted by atomic mass is 79.9. The number of aromatic nitrogens is 1. The monoisotopic (exact) mass is 253 g/mol. The molecule has 0 amide bonds. The number of nitriles is 1. The summed E-state index contributed by atoms with van der Waals surface area (Å²) in [6, 6.07) is 4.14. The molecule has 0 atom stereocenters. The maximum Gasteiger partial charge on any atom is 0.131 e. The van der Waals surface area contributed by atoms with Gasteiger partial charge in [-0.15, -0.1) is 0 Å². The molecule has 3 nitrogen and oxygen atoms in total. The Morgan fingerprint density at radius 3 is 2.93 bits per heavy atom. The molecule has 0 aliphatic carbocycles. The smallest absolute Gasteiger partial charge is 0.131 e. The van der Waals surface area contributed by atoms with E-state index >= 15 is 0 Å². The Morgan fingerprint density at radius 1 is 1.64 bits per heavy atom. The van der Waals surface area contributed by atoms with Gasteiger partial charge in [0.2, 0.25) is 0 Å². The van der Waals surface area contributed by atoms with Gasteiger partial charge in [0.05, 0.1) is 12.5 Å². The zero-order chi connectivity index (χ0) is 10.6. The Hall–Kier alpha value is -1.08. The first kappa shape index (κ1) is 11.0. The second kappa shape index (κ2) is 4.97. The standard InChI is InChI=1S/C10H12BrN3/c1-8-6-9(11)7-13-10(8)14(2)5-3-4-12/h6-7H,3,5H2,1-2H3. The molecular weight excluding hydrogens is 242 g/mol. The van der Waals surface area contributed by atoms with Crippen LogP contribution in [0, 0.1) is 18.3 Å². The van der Waals surface area contributed by atoms with Gasteiger partial charge in [-0.2, -0.15) is 5.26 Å². The van der Waals surface area contributed by atoms with Gasteiger partial charge in [0.15, 0.2) is 0 Å². The van der Waals surface area contributed by atoms with E-state index in [0.717, 1.165) is 15.9 Å². The van der Waals surface area contributed by atoms with E-state index in [9.17, 15) is 0 Å². The molecule has 14 heavy (non-hydrogen) atoms. The molecule has 0 aromatic carbocycles. The Balaban J connectivity index is 2.80. The third-order valence-corrected chi connectivity index (χ3v) is 2.37. The van der Waals surface area contributed by atoms with Crippen molar-refractivity contribution in [1.82, 2.24) is 4.98 Å². The van der Waals surface area contributed by atoms with Crippen LogP contribution in [0.5, 0.6) is 0 Å². The van der Waals surface area contributed by atoms with Gasteiger partial charge in [-0.05, 0) is 34.5 Å². The molecule has 0 saturated carbocycles. The average Bonchev–Trinajstić information content (AvgIpc) is 2.14. The highest BCUT2D eigenvalue weighted by Crippen LogP contribution is 2.19. The van der Waals surface area contributed by atoms with Gasteiger partial charge in [-0.1, -0.05) is 0 Å². The number of anilines is 1. The summed E-state index contributed by atoms with van der Waals surface area (Å²) in [6.45, 7) is 2.72. The summed E-state index contributed by atoms with van der Waals surface area (Å²) in [4.78, 5) is 6.29.